The Labute approximate surface area is 151 Å². The van der Waals surface area contributed by atoms with Crippen molar-refractivity contribution in [3.05, 3.63) is 65.5 Å². The summed E-state index contributed by atoms with van der Waals surface area (Å²) in [5.41, 5.74) is 2.33. The van der Waals surface area contributed by atoms with Crippen LogP contribution in [-0.4, -0.2) is 22.6 Å². The van der Waals surface area contributed by atoms with E-state index in [4.69, 9.17) is 13.9 Å². The van der Waals surface area contributed by atoms with E-state index < -0.39 is 0 Å². The maximum absolute atomic E-state index is 5.70. The van der Waals surface area contributed by atoms with Gasteiger partial charge < -0.3 is 13.9 Å². The van der Waals surface area contributed by atoms with Crippen LogP contribution in [0.5, 0.6) is 11.5 Å². The number of ether oxygens (including phenoxy) is 2. The van der Waals surface area contributed by atoms with Crippen molar-refractivity contribution in [1.29, 1.82) is 0 Å². The van der Waals surface area contributed by atoms with Crippen LogP contribution < -0.4 is 9.47 Å². The van der Waals surface area contributed by atoms with E-state index in [1.165, 1.54) is 17.3 Å². The van der Waals surface area contributed by atoms with Gasteiger partial charge in [-0.05, 0) is 49.2 Å². The van der Waals surface area contributed by atoms with Gasteiger partial charge in [-0.3, -0.25) is 0 Å². The summed E-state index contributed by atoms with van der Waals surface area (Å²) in [6.45, 7) is 4.90. The molecular formula is C19H20N2O3S. The second-order valence-corrected chi connectivity index (χ2v) is 6.63. The fourth-order valence-corrected chi connectivity index (χ4v) is 2.79. The molecule has 0 aliphatic rings. The number of thioether (sulfide) groups is 1. The smallest absolute Gasteiger partial charge is 0.276 e. The van der Waals surface area contributed by atoms with Gasteiger partial charge in [-0.25, -0.2) is 0 Å². The lowest BCUT2D eigenvalue weighted by Crippen LogP contribution is -2.00. The van der Waals surface area contributed by atoms with Crippen LogP contribution >= 0.6 is 11.8 Å². The van der Waals surface area contributed by atoms with Crippen LogP contribution in [0.3, 0.4) is 0 Å². The minimum atomic E-state index is 0.261. The molecule has 0 saturated heterocycles. The Balaban J connectivity index is 1.41. The van der Waals surface area contributed by atoms with E-state index >= 15 is 0 Å². The van der Waals surface area contributed by atoms with Crippen molar-refractivity contribution in [1.82, 2.24) is 10.2 Å². The summed E-state index contributed by atoms with van der Waals surface area (Å²) in [7, 11) is 0. The molecule has 0 unspecified atom stereocenters. The standard InChI is InChI=1S/C19H20N2O3S/c1-14-5-3-7-16(11-14)22-9-10-25-19-21-20-18(24-19)13-23-17-8-4-6-15(2)12-17/h3-8,11-12H,9-10,13H2,1-2H3. The van der Waals surface area contributed by atoms with Gasteiger partial charge in [0, 0.05) is 5.75 Å². The summed E-state index contributed by atoms with van der Waals surface area (Å²) in [5, 5.41) is 8.54. The van der Waals surface area contributed by atoms with Crippen LogP contribution in [-0.2, 0) is 6.61 Å². The van der Waals surface area contributed by atoms with Crippen LogP contribution in [0, 0.1) is 13.8 Å². The highest BCUT2D eigenvalue weighted by molar-refractivity contribution is 7.99. The Bertz CT molecular complexity index is 820. The zero-order chi connectivity index (χ0) is 17.5. The molecule has 5 nitrogen and oxygen atoms in total. The van der Waals surface area contributed by atoms with Crippen molar-refractivity contribution in [2.45, 2.75) is 25.7 Å². The van der Waals surface area contributed by atoms with Crippen molar-refractivity contribution in [2.24, 2.45) is 0 Å². The Morgan fingerprint density at radius 3 is 2.28 bits per heavy atom. The maximum Gasteiger partial charge on any atom is 0.276 e. The third-order valence-corrected chi connectivity index (χ3v) is 4.15. The molecule has 2 aromatic carbocycles. The molecule has 25 heavy (non-hydrogen) atoms. The third-order valence-electron chi connectivity index (χ3n) is 3.37. The number of nitrogens with zero attached hydrogens (tertiary/aromatic N) is 2. The van der Waals surface area contributed by atoms with Crippen molar-refractivity contribution < 1.29 is 13.9 Å². The maximum atomic E-state index is 5.70. The van der Waals surface area contributed by atoms with Gasteiger partial charge in [0.25, 0.3) is 11.1 Å². The monoisotopic (exact) mass is 356 g/mol. The van der Waals surface area contributed by atoms with Gasteiger partial charge in [0.05, 0.1) is 6.61 Å². The molecule has 0 fully saturated rings. The summed E-state index contributed by atoms with van der Waals surface area (Å²) < 4.78 is 16.9. The summed E-state index contributed by atoms with van der Waals surface area (Å²) >= 11 is 1.47. The first-order valence-electron chi connectivity index (χ1n) is 8.03. The summed E-state index contributed by atoms with van der Waals surface area (Å²) in [6, 6.07) is 15.8. The molecule has 3 rings (SSSR count). The SMILES string of the molecule is Cc1cccc(OCCSc2nnc(COc3cccc(C)c3)o2)c1. The number of aromatic nitrogens is 2. The summed E-state index contributed by atoms with van der Waals surface area (Å²) in [4.78, 5) is 0. The van der Waals surface area contributed by atoms with E-state index in [9.17, 15) is 0 Å². The first-order chi connectivity index (χ1) is 12.2. The number of hydrogen-bond donors (Lipinski definition) is 0. The average Bonchev–Trinajstić information content (AvgIpc) is 3.05. The summed E-state index contributed by atoms with van der Waals surface area (Å²) in [6.07, 6.45) is 0. The highest BCUT2D eigenvalue weighted by Gasteiger charge is 2.08. The lowest BCUT2D eigenvalue weighted by atomic mass is 10.2. The van der Waals surface area contributed by atoms with Crippen LogP contribution in [0.2, 0.25) is 0 Å². The van der Waals surface area contributed by atoms with Crippen LogP contribution in [0.4, 0.5) is 0 Å². The topological polar surface area (TPSA) is 57.4 Å². The first kappa shape index (κ1) is 17.4. The van der Waals surface area contributed by atoms with Crippen LogP contribution in [0.25, 0.3) is 0 Å². The van der Waals surface area contributed by atoms with E-state index in [1.807, 2.05) is 62.4 Å². The van der Waals surface area contributed by atoms with Gasteiger partial charge in [0.2, 0.25) is 0 Å². The zero-order valence-corrected chi connectivity index (χ0v) is 15.1. The highest BCUT2D eigenvalue weighted by atomic mass is 32.2. The van der Waals surface area contributed by atoms with Crippen molar-refractivity contribution in [2.75, 3.05) is 12.4 Å². The van der Waals surface area contributed by atoms with Crippen molar-refractivity contribution >= 4 is 11.8 Å². The van der Waals surface area contributed by atoms with Crippen LogP contribution in [0.1, 0.15) is 17.0 Å². The Morgan fingerprint density at radius 1 is 0.920 bits per heavy atom. The quantitative estimate of drug-likeness (QED) is 0.439. The van der Waals surface area contributed by atoms with E-state index in [0.29, 0.717) is 17.7 Å². The minimum Gasteiger partial charge on any atom is -0.493 e. The number of benzene rings is 2. The fourth-order valence-electron chi connectivity index (χ4n) is 2.20. The number of aryl methyl sites for hydroxylation is 2. The molecule has 1 heterocycles. The van der Waals surface area contributed by atoms with Crippen LogP contribution in [0.15, 0.2) is 58.2 Å². The largest absolute Gasteiger partial charge is 0.493 e. The molecule has 0 aliphatic carbocycles. The molecule has 0 N–H and O–H groups in total. The van der Waals surface area contributed by atoms with Crippen molar-refractivity contribution in [3.8, 4) is 11.5 Å². The first-order valence-corrected chi connectivity index (χ1v) is 9.02. The Kier molecular flexibility index (Phi) is 5.95. The molecule has 0 spiro atoms. The van der Waals surface area contributed by atoms with Gasteiger partial charge in [0.15, 0.2) is 6.61 Å². The van der Waals surface area contributed by atoms with Gasteiger partial charge in [0.1, 0.15) is 11.5 Å². The molecule has 6 heteroatoms. The molecule has 0 amide bonds. The van der Waals surface area contributed by atoms with E-state index in [1.54, 1.807) is 0 Å². The highest BCUT2D eigenvalue weighted by Crippen LogP contribution is 2.19. The molecule has 1 aromatic heterocycles. The minimum absolute atomic E-state index is 0.261. The van der Waals surface area contributed by atoms with Gasteiger partial charge >= 0.3 is 0 Å². The Hall–Kier alpha value is -2.47. The molecule has 0 bridgehead atoms. The van der Waals surface area contributed by atoms with Gasteiger partial charge in [-0.2, -0.15) is 0 Å². The number of rotatable bonds is 8. The molecule has 130 valence electrons. The van der Waals surface area contributed by atoms with E-state index in [0.717, 1.165) is 22.8 Å². The molecule has 3 aromatic rings. The van der Waals surface area contributed by atoms with Gasteiger partial charge in [-0.1, -0.05) is 36.0 Å². The zero-order valence-electron chi connectivity index (χ0n) is 14.3. The van der Waals surface area contributed by atoms with Crippen molar-refractivity contribution in [3.63, 3.8) is 0 Å². The lowest BCUT2D eigenvalue weighted by molar-refractivity contribution is 0.252. The van der Waals surface area contributed by atoms with E-state index in [-0.39, 0.29) is 6.61 Å². The molecule has 0 saturated carbocycles. The summed E-state index contributed by atoms with van der Waals surface area (Å²) in [5.74, 6) is 2.86. The number of hydrogen-bond acceptors (Lipinski definition) is 6. The third kappa shape index (κ3) is 5.53. The Morgan fingerprint density at radius 2 is 1.60 bits per heavy atom. The lowest BCUT2D eigenvalue weighted by Gasteiger charge is -2.05. The van der Waals surface area contributed by atoms with Gasteiger partial charge in [-0.15, -0.1) is 10.2 Å². The molecule has 0 radical (unpaired) electrons. The predicted octanol–water partition coefficient (Wildman–Crippen LogP) is 4.44. The second kappa shape index (κ2) is 8.58. The second-order valence-electron chi connectivity index (χ2n) is 5.58. The molecule has 0 aliphatic heterocycles. The fraction of sp³-hybridized carbons (Fsp3) is 0.263. The van der Waals surface area contributed by atoms with E-state index in [2.05, 4.69) is 10.2 Å². The molecule has 0 atom stereocenters. The normalized spacial score (nSPS) is 10.6. The predicted molar refractivity (Wildman–Crippen MR) is 97.2 cm³/mol. The average molecular weight is 356 g/mol. The molecular weight excluding hydrogens is 336 g/mol.